The summed E-state index contributed by atoms with van der Waals surface area (Å²) in [6, 6.07) is 10.2. The van der Waals surface area contributed by atoms with Crippen LogP contribution in [0.1, 0.15) is 33.9 Å². The van der Waals surface area contributed by atoms with Crippen molar-refractivity contribution < 1.29 is 13.2 Å². The molecular formula is C18H18N2O3S3. The van der Waals surface area contributed by atoms with Crippen molar-refractivity contribution in [3.05, 3.63) is 57.9 Å². The molecule has 1 N–H and O–H groups in total. The van der Waals surface area contributed by atoms with E-state index in [9.17, 15) is 13.2 Å². The van der Waals surface area contributed by atoms with Crippen LogP contribution in [0.25, 0.3) is 9.88 Å². The van der Waals surface area contributed by atoms with Gasteiger partial charge in [0.15, 0.2) is 9.84 Å². The molecule has 136 valence electrons. The van der Waals surface area contributed by atoms with Crippen molar-refractivity contribution in [2.45, 2.75) is 24.8 Å². The number of benzene rings is 1. The molecule has 0 bridgehead atoms. The van der Waals surface area contributed by atoms with Crippen LogP contribution in [-0.4, -0.2) is 25.6 Å². The van der Waals surface area contributed by atoms with Crippen LogP contribution in [-0.2, 0) is 9.84 Å². The minimum absolute atomic E-state index is 0.178. The van der Waals surface area contributed by atoms with E-state index in [1.165, 1.54) is 17.6 Å². The van der Waals surface area contributed by atoms with Crippen LogP contribution in [0.15, 0.2) is 46.7 Å². The molecule has 0 saturated carbocycles. The summed E-state index contributed by atoms with van der Waals surface area (Å²) < 4.78 is 23.1. The summed E-state index contributed by atoms with van der Waals surface area (Å²) in [4.78, 5) is 19.0. The minimum Gasteiger partial charge on any atom is -0.345 e. The van der Waals surface area contributed by atoms with Crippen molar-refractivity contribution in [3.63, 3.8) is 0 Å². The van der Waals surface area contributed by atoms with E-state index in [4.69, 9.17) is 0 Å². The highest BCUT2D eigenvalue weighted by Gasteiger charge is 2.19. The van der Waals surface area contributed by atoms with E-state index in [0.29, 0.717) is 10.6 Å². The molecule has 0 aliphatic carbocycles. The smallest absolute Gasteiger partial charge is 0.263 e. The van der Waals surface area contributed by atoms with Crippen molar-refractivity contribution in [2.75, 3.05) is 6.26 Å². The number of hydrogen-bond donors (Lipinski definition) is 1. The van der Waals surface area contributed by atoms with Crippen molar-refractivity contribution in [1.82, 2.24) is 10.3 Å². The Morgan fingerprint density at radius 3 is 2.46 bits per heavy atom. The van der Waals surface area contributed by atoms with Gasteiger partial charge in [-0.05, 0) is 43.0 Å². The molecule has 1 atom stereocenters. The molecule has 2 heterocycles. The van der Waals surface area contributed by atoms with Gasteiger partial charge in [0.05, 0.1) is 21.5 Å². The number of hydrogen-bond acceptors (Lipinski definition) is 6. The second kappa shape index (κ2) is 7.30. The number of aryl methyl sites for hydroxylation is 1. The molecule has 0 aliphatic rings. The molecule has 1 aromatic carbocycles. The van der Waals surface area contributed by atoms with Crippen LogP contribution in [0.4, 0.5) is 0 Å². The van der Waals surface area contributed by atoms with E-state index in [-0.39, 0.29) is 16.8 Å². The van der Waals surface area contributed by atoms with E-state index in [1.807, 2.05) is 31.4 Å². The Morgan fingerprint density at radius 2 is 1.88 bits per heavy atom. The van der Waals surface area contributed by atoms with E-state index >= 15 is 0 Å². The van der Waals surface area contributed by atoms with Crippen LogP contribution >= 0.6 is 22.7 Å². The van der Waals surface area contributed by atoms with Gasteiger partial charge < -0.3 is 5.32 Å². The fourth-order valence-corrected chi connectivity index (χ4v) is 4.86. The molecule has 1 amide bonds. The molecule has 26 heavy (non-hydrogen) atoms. The fourth-order valence-electron chi connectivity index (χ4n) is 2.46. The van der Waals surface area contributed by atoms with Crippen LogP contribution in [0.2, 0.25) is 0 Å². The molecule has 3 rings (SSSR count). The molecule has 0 saturated heterocycles. The summed E-state index contributed by atoms with van der Waals surface area (Å²) in [6.45, 7) is 3.69. The average Bonchev–Trinajstić information content (AvgIpc) is 3.23. The van der Waals surface area contributed by atoms with Crippen LogP contribution in [0.3, 0.4) is 0 Å². The van der Waals surface area contributed by atoms with E-state index < -0.39 is 9.84 Å². The minimum atomic E-state index is -3.23. The zero-order chi connectivity index (χ0) is 18.9. The molecule has 0 radical (unpaired) electrons. The summed E-state index contributed by atoms with van der Waals surface area (Å²) in [5.74, 6) is -0.178. The molecule has 3 aromatic rings. The lowest BCUT2D eigenvalue weighted by molar-refractivity contribution is 0.0943. The van der Waals surface area contributed by atoms with Crippen LogP contribution in [0, 0.1) is 6.92 Å². The van der Waals surface area contributed by atoms with Gasteiger partial charge in [-0.3, -0.25) is 4.79 Å². The highest BCUT2D eigenvalue weighted by Crippen LogP contribution is 2.31. The topological polar surface area (TPSA) is 76.1 Å². The summed E-state index contributed by atoms with van der Waals surface area (Å²) in [6.07, 6.45) is 1.17. The zero-order valence-electron chi connectivity index (χ0n) is 14.5. The number of amides is 1. The molecule has 0 unspecified atom stereocenters. The third-order valence-electron chi connectivity index (χ3n) is 3.89. The Balaban J connectivity index is 1.75. The number of nitrogens with one attached hydrogen (secondary N) is 1. The Hall–Kier alpha value is -2.03. The number of carbonyl (C=O) groups is 1. The fraction of sp³-hybridized carbons (Fsp3) is 0.222. The number of sulfone groups is 1. The lowest BCUT2D eigenvalue weighted by Crippen LogP contribution is -2.26. The third-order valence-corrected chi connectivity index (χ3v) is 7.21. The number of thiazole rings is 1. The van der Waals surface area contributed by atoms with Gasteiger partial charge in [-0.25, -0.2) is 13.4 Å². The monoisotopic (exact) mass is 406 g/mol. The first-order valence-corrected chi connectivity index (χ1v) is 11.5. The second-order valence-corrected chi connectivity index (χ2v) is 9.91. The molecule has 2 aromatic heterocycles. The lowest BCUT2D eigenvalue weighted by Gasteiger charge is -2.14. The van der Waals surface area contributed by atoms with Gasteiger partial charge in [0, 0.05) is 6.26 Å². The normalized spacial score (nSPS) is 12.7. The number of aromatic nitrogens is 1. The number of carbonyl (C=O) groups excluding carboxylic acids is 1. The number of thiophene rings is 1. The van der Waals surface area contributed by atoms with Gasteiger partial charge in [-0.15, -0.1) is 22.7 Å². The quantitative estimate of drug-likeness (QED) is 0.693. The first-order chi connectivity index (χ1) is 12.3. The predicted octanol–water partition coefficient (Wildman–Crippen LogP) is 4.07. The third kappa shape index (κ3) is 4.03. The van der Waals surface area contributed by atoms with E-state index in [1.54, 1.807) is 35.6 Å². The van der Waals surface area contributed by atoms with Gasteiger partial charge in [0.25, 0.3) is 5.91 Å². The van der Waals surface area contributed by atoms with E-state index in [0.717, 1.165) is 15.4 Å². The Bertz CT molecular complexity index is 1020. The van der Waals surface area contributed by atoms with Gasteiger partial charge in [-0.2, -0.15) is 0 Å². The molecule has 0 aliphatic heterocycles. The maximum Gasteiger partial charge on any atom is 0.263 e. The molecule has 8 heteroatoms. The van der Waals surface area contributed by atoms with Crippen molar-refractivity contribution in [2.24, 2.45) is 0 Å². The molecule has 5 nitrogen and oxygen atoms in total. The zero-order valence-corrected chi connectivity index (χ0v) is 17.0. The highest BCUT2D eigenvalue weighted by atomic mass is 32.2. The van der Waals surface area contributed by atoms with Crippen molar-refractivity contribution in [3.8, 4) is 9.88 Å². The first-order valence-electron chi connectivity index (χ1n) is 7.88. The second-order valence-electron chi connectivity index (χ2n) is 5.95. The van der Waals surface area contributed by atoms with Gasteiger partial charge >= 0.3 is 0 Å². The summed E-state index contributed by atoms with van der Waals surface area (Å²) in [7, 11) is -3.23. The SMILES string of the molecule is Cc1nc(-c2cccs2)sc1C(=O)N[C@H](C)c1ccc(S(C)(=O)=O)cc1. The predicted molar refractivity (Wildman–Crippen MR) is 106 cm³/mol. The average molecular weight is 407 g/mol. The van der Waals surface area contributed by atoms with E-state index in [2.05, 4.69) is 10.3 Å². The summed E-state index contributed by atoms with van der Waals surface area (Å²) >= 11 is 2.97. The highest BCUT2D eigenvalue weighted by molar-refractivity contribution is 7.90. The van der Waals surface area contributed by atoms with Gasteiger partial charge in [0.1, 0.15) is 9.88 Å². The maximum absolute atomic E-state index is 12.6. The lowest BCUT2D eigenvalue weighted by atomic mass is 10.1. The van der Waals surface area contributed by atoms with Gasteiger partial charge in [-0.1, -0.05) is 18.2 Å². The molecule has 0 spiro atoms. The Labute approximate surface area is 160 Å². The van der Waals surface area contributed by atoms with Crippen LogP contribution < -0.4 is 5.32 Å². The summed E-state index contributed by atoms with van der Waals surface area (Å²) in [5, 5.41) is 5.78. The largest absolute Gasteiger partial charge is 0.345 e. The molecular weight excluding hydrogens is 388 g/mol. The maximum atomic E-state index is 12.6. The standard InChI is InChI=1S/C18H18N2O3S3/c1-11(13-6-8-14(9-7-13)26(3,22)23)19-17(21)16-12(2)20-18(25-16)15-5-4-10-24-15/h4-11H,1-3H3,(H,19,21)/t11-/m1/s1. The number of nitrogens with zero attached hydrogens (tertiary/aromatic N) is 1. The summed E-state index contributed by atoms with van der Waals surface area (Å²) in [5.41, 5.74) is 1.54. The van der Waals surface area contributed by atoms with Crippen molar-refractivity contribution in [1.29, 1.82) is 0 Å². The molecule has 0 fully saturated rings. The Morgan fingerprint density at radius 1 is 1.19 bits per heavy atom. The van der Waals surface area contributed by atoms with Gasteiger partial charge in [0.2, 0.25) is 0 Å². The first kappa shape index (κ1) is 18.8. The Kier molecular flexibility index (Phi) is 5.27. The van der Waals surface area contributed by atoms with Crippen molar-refractivity contribution >= 4 is 38.4 Å². The number of rotatable bonds is 5. The van der Waals surface area contributed by atoms with Crippen LogP contribution in [0.5, 0.6) is 0 Å².